The van der Waals surface area contributed by atoms with E-state index in [9.17, 15) is 0 Å². The maximum absolute atomic E-state index is 5.56. The third-order valence-corrected chi connectivity index (χ3v) is 4.72. The minimum absolute atomic E-state index is 0.692. The Morgan fingerprint density at radius 2 is 1.70 bits per heavy atom. The van der Waals surface area contributed by atoms with Crippen LogP contribution in [-0.2, 0) is 0 Å². The van der Waals surface area contributed by atoms with Crippen molar-refractivity contribution in [1.82, 2.24) is 0 Å². The van der Waals surface area contributed by atoms with E-state index in [2.05, 4.69) is 13.8 Å². The fraction of sp³-hybridized carbons (Fsp3) is 1.00. The summed E-state index contributed by atoms with van der Waals surface area (Å²) in [6, 6.07) is 0. The molecule has 62 valence electrons. The van der Waals surface area contributed by atoms with Crippen LogP contribution in [0.15, 0.2) is 0 Å². The molecular weight excluding hydrogens is 204 g/mol. The average Bonchev–Trinajstić information content (AvgIpc) is 1.90. The Labute approximate surface area is 80.7 Å². The lowest BCUT2D eigenvalue weighted by molar-refractivity contribution is 1.39. The summed E-state index contributed by atoms with van der Waals surface area (Å²) in [7, 11) is 6.98. The Morgan fingerprint density at radius 3 is 2.00 bits per heavy atom. The van der Waals surface area contributed by atoms with E-state index in [4.69, 9.17) is 10.7 Å². The quantitative estimate of drug-likeness (QED) is 0.622. The zero-order chi connectivity index (χ0) is 7.82. The molecule has 0 aliphatic carbocycles. The molecule has 0 fully saturated rings. The van der Waals surface area contributed by atoms with Crippen molar-refractivity contribution in [2.75, 3.05) is 17.3 Å². The third-order valence-electron chi connectivity index (χ3n) is 0.904. The Kier molecular flexibility index (Phi) is 9.57. The van der Waals surface area contributed by atoms with Gasteiger partial charge in [0.2, 0.25) is 0 Å². The molecule has 0 amide bonds. The van der Waals surface area contributed by atoms with Crippen LogP contribution >= 0.6 is 45.2 Å². The highest BCUT2D eigenvalue weighted by atomic mass is 35.7. The summed E-state index contributed by atoms with van der Waals surface area (Å²) in [5.74, 6) is 3.43. The highest BCUT2D eigenvalue weighted by Gasteiger charge is 2.05. The minimum atomic E-state index is 0.692. The van der Waals surface area contributed by atoms with Gasteiger partial charge >= 0.3 is 0 Å². The predicted molar refractivity (Wildman–Crippen MR) is 58.4 cm³/mol. The fourth-order valence-corrected chi connectivity index (χ4v) is 4.62. The first-order valence-electron chi connectivity index (χ1n) is 3.31. The SMILES string of the molecule is CCSC(CSCl)SCC. The van der Waals surface area contributed by atoms with Crippen molar-refractivity contribution in [3.05, 3.63) is 0 Å². The van der Waals surface area contributed by atoms with E-state index in [0.29, 0.717) is 4.58 Å². The fourth-order valence-electron chi connectivity index (χ4n) is 0.568. The van der Waals surface area contributed by atoms with Crippen molar-refractivity contribution in [2.45, 2.75) is 18.4 Å². The van der Waals surface area contributed by atoms with E-state index >= 15 is 0 Å². The molecule has 0 rings (SSSR count). The standard InChI is InChI=1S/C6H13ClS3/c1-3-8-6(5-10-7)9-4-2/h6H,3-5H2,1-2H3. The zero-order valence-electron chi connectivity index (χ0n) is 6.30. The second-order valence-corrected chi connectivity index (χ2v) is 6.08. The average molecular weight is 217 g/mol. The van der Waals surface area contributed by atoms with E-state index in [1.807, 2.05) is 23.5 Å². The van der Waals surface area contributed by atoms with Crippen LogP contribution in [0.2, 0.25) is 0 Å². The van der Waals surface area contributed by atoms with Crippen molar-refractivity contribution in [2.24, 2.45) is 0 Å². The monoisotopic (exact) mass is 216 g/mol. The second kappa shape index (κ2) is 8.44. The van der Waals surface area contributed by atoms with Gasteiger partial charge < -0.3 is 0 Å². The van der Waals surface area contributed by atoms with Gasteiger partial charge in [-0.25, -0.2) is 0 Å². The molecule has 0 atom stereocenters. The Balaban J connectivity index is 3.30. The van der Waals surface area contributed by atoms with Crippen LogP contribution in [0.5, 0.6) is 0 Å². The van der Waals surface area contributed by atoms with Gasteiger partial charge in [-0.05, 0) is 22.2 Å². The number of hydrogen-bond donors (Lipinski definition) is 0. The zero-order valence-corrected chi connectivity index (χ0v) is 9.51. The summed E-state index contributed by atoms with van der Waals surface area (Å²) in [4.78, 5) is 0. The number of halogens is 1. The molecule has 0 aromatic carbocycles. The lowest BCUT2D eigenvalue weighted by Gasteiger charge is -2.10. The summed E-state index contributed by atoms with van der Waals surface area (Å²) in [5, 5.41) is 0. The van der Waals surface area contributed by atoms with Gasteiger partial charge in [0.25, 0.3) is 0 Å². The summed E-state index contributed by atoms with van der Waals surface area (Å²) in [6.45, 7) is 4.37. The normalized spacial score (nSPS) is 10.8. The van der Waals surface area contributed by atoms with Crippen molar-refractivity contribution in [3.8, 4) is 0 Å². The third kappa shape index (κ3) is 6.08. The van der Waals surface area contributed by atoms with Gasteiger partial charge in [-0.1, -0.05) is 24.8 Å². The Hall–Kier alpha value is 1.34. The molecule has 0 radical (unpaired) electrons. The first kappa shape index (κ1) is 11.3. The van der Waals surface area contributed by atoms with Gasteiger partial charge in [0, 0.05) is 5.75 Å². The molecule has 0 aliphatic rings. The van der Waals surface area contributed by atoms with Crippen LogP contribution in [0.3, 0.4) is 0 Å². The predicted octanol–water partition coefficient (Wildman–Crippen LogP) is 3.71. The van der Waals surface area contributed by atoms with E-state index in [0.717, 1.165) is 5.75 Å². The molecule has 0 aromatic rings. The molecule has 4 heteroatoms. The van der Waals surface area contributed by atoms with Crippen LogP contribution in [-0.4, -0.2) is 21.8 Å². The first-order valence-corrected chi connectivity index (χ1v) is 7.22. The van der Waals surface area contributed by atoms with Crippen LogP contribution in [0.1, 0.15) is 13.8 Å². The molecule has 0 heterocycles. The van der Waals surface area contributed by atoms with Crippen LogP contribution < -0.4 is 0 Å². The van der Waals surface area contributed by atoms with Gasteiger partial charge in [0.05, 0.1) is 4.58 Å². The Bertz CT molecular complexity index is 55.7. The maximum atomic E-state index is 5.56. The van der Waals surface area contributed by atoms with E-state index in [1.165, 1.54) is 22.5 Å². The lowest BCUT2D eigenvalue weighted by atomic mass is 10.9. The summed E-state index contributed by atoms with van der Waals surface area (Å²) in [6.07, 6.45) is 0. The number of hydrogen-bond acceptors (Lipinski definition) is 3. The lowest BCUT2D eigenvalue weighted by Crippen LogP contribution is -2.00. The summed E-state index contributed by atoms with van der Waals surface area (Å²) >= 11 is 3.97. The van der Waals surface area contributed by atoms with Crippen molar-refractivity contribution < 1.29 is 0 Å². The van der Waals surface area contributed by atoms with Gasteiger partial charge in [0.1, 0.15) is 0 Å². The highest BCUT2D eigenvalue weighted by Crippen LogP contribution is 2.27. The molecule has 0 saturated carbocycles. The first-order chi connectivity index (χ1) is 4.85. The van der Waals surface area contributed by atoms with Crippen LogP contribution in [0.4, 0.5) is 0 Å². The van der Waals surface area contributed by atoms with Crippen molar-refractivity contribution in [1.29, 1.82) is 0 Å². The van der Waals surface area contributed by atoms with Crippen molar-refractivity contribution in [3.63, 3.8) is 0 Å². The highest BCUT2D eigenvalue weighted by molar-refractivity contribution is 8.23. The molecular formula is C6H13ClS3. The molecule has 0 spiro atoms. The number of rotatable bonds is 6. The van der Waals surface area contributed by atoms with Crippen molar-refractivity contribution >= 4 is 45.2 Å². The molecule has 0 N–H and O–H groups in total. The molecule has 0 aromatic heterocycles. The van der Waals surface area contributed by atoms with E-state index in [-0.39, 0.29) is 0 Å². The van der Waals surface area contributed by atoms with Crippen LogP contribution in [0, 0.1) is 0 Å². The van der Waals surface area contributed by atoms with Crippen LogP contribution in [0.25, 0.3) is 0 Å². The van der Waals surface area contributed by atoms with Gasteiger partial charge in [-0.15, -0.1) is 23.5 Å². The smallest absolute Gasteiger partial charge is 0.0604 e. The topological polar surface area (TPSA) is 0 Å². The maximum Gasteiger partial charge on any atom is 0.0604 e. The van der Waals surface area contributed by atoms with Gasteiger partial charge in [-0.3, -0.25) is 0 Å². The van der Waals surface area contributed by atoms with Gasteiger partial charge in [-0.2, -0.15) is 0 Å². The second-order valence-electron chi connectivity index (χ2n) is 1.62. The molecule has 0 unspecified atom stereocenters. The van der Waals surface area contributed by atoms with E-state index in [1.54, 1.807) is 0 Å². The summed E-state index contributed by atoms with van der Waals surface area (Å²) < 4.78 is 0.692. The molecule has 0 bridgehead atoms. The molecule has 10 heavy (non-hydrogen) atoms. The van der Waals surface area contributed by atoms with E-state index < -0.39 is 0 Å². The van der Waals surface area contributed by atoms with Gasteiger partial charge in [0.15, 0.2) is 0 Å². The summed E-state index contributed by atoms with van der Waals surface area (Å²) in [5.41, 5.74) is 0. The molecule has 0 saturated heterocycles. The minimum Gasteiger partial charge on any atom is -0.147 e. The molecule has 0 aliphatic heterocycles. The largest absolute Gasteiger partial charge is 0.147 e. The Morgan fingerprint density at radius 1 is 1.20 bits per heavy atom. The number of thioether (sulfide) groups is 2. The molecule has 0 nitrogen and oxygen atoms in total.